The minimum Gasteiger partial charge on any atom is -0.505 e. The predicted octanol–water partition coefficient (Wildman–Crippen LogP) is 6.10. The zero-order valence-corrected chi connectivity index (χ0v) is 27.0. The Morgan fingerprint density at radius 3 is 2.49 bits per heavy atom. The number of aromatic nitrogens is 3. The fraction of sp³-hybridized carbons (Fsp3) is 0.364. The van der Waals surface area contributed by atoms with Crippen LogP contribution in [0.1, 0.15) is 77.5 Å². The number of thiazole rings is 1. The number of aliphatic hydroxyl groups excluding tert-OH is 1. The van der Waals surface area contributed by atoms with Gasteiger partial charge in [-0.3, -0.25) is 14.5 Å². The lowest BCUT2D eigenvalue weighted by molar-refractivity contribution is -0.132. The lowest BCUT2D eigenvalue weighted by Gasteiger charge is -2.24. The van der Waals surface area contributed by atoms with Crippen LogP contribution in [0, 0.1) is 20.8 Å². The maximum Gasteiger partial charge on any atom is 0.350 e. The number of rotatable bonds is 11. The van der Waals surface area contributed by atoms with Gasteiger partial charge in [0.25, 0.3) is 5.78 Å². The largest absolute Gasteiger partial charge is 0.505 e. The minimum atomic E-state index is -1.11. The Hall–Kier alpha value is -4.71. The molecule has 1 saturated heterocycles. The highest BCUT2D eigenvalue weighted by atomic mass is 32.1. The molecule has 0 saturated carbocycles. The van der Waals surface area contributed by atoms with Crippen LogP contribution in [0.2, 0.25) is 0 Å². The molecule has 12 heteroatoms. The fourth-order valence-electron chi connectivity index (χ4n) is 5.30. The zero-order valence-electron chi connectivity index (χ0n) is 26.2. The molecule has 1 amide bonds. The third-order valence-electron chi connectivity index (χ3n) is 7.54. The van der Waals surface area contributed by atoms with Crippen LogP contribution in [0.15, 0.2) is 42.1 Å². The second kappa shape index (κ2) is 13.1. The Labute approximate surface area is 265 Å². The third kappa shape index (κ3) is 5.77. The van der Waals surface area contributed by atoms with E-state index in [1.54, 1.807) is 39.0 Å². The summed E-state index contributed by atoms with van der Waals surface area (Å²) in [5.74, 6) is -1.84. The van der Waals surface area contributed by atoms with Gasteiger partial charge in [-0.1, -0.05) is 36.8 Å². The number of ketones is 1. The number of carbonyl (C=O) groups is 3. The van der Waals surface area contributed by atoms with E-state index in [-0.39, 0.29) is 27.9 Å². The number of ether oxygens (including phenoxy) is 3. The molecule has 1 aliphatic rings. The van der Waals surface area contributed by atoms with E-state index >= 15 is 0 Å². The van der Waals surface area contributed by atoms with Crippen LogP contribution in [-0.4, -0.2) is 57.0 Å². The van der Waals surface area contributed by atoms with Gasteiger partial charge in [0, 0.05) is 6.20 Å². The fourth-order valence-corrected chi connectivity index (χ4v) is 6.29. The molecule has 1 aliphatic heterocycles. The first-order chi connectivity index (χ1) is 21.6. The van der Waals surface area contributed by atoms with Crippen LogP contribution in [0.3, 0.4) is 0 Å². The van der Waals surface area contributed by atoms with Crippen molar-refractivity contribution >= 4 is 45.5 Å². The number of hydrogen-bond acceptors (Lipinski definition) is 10. The number of Topliss-reactive ketones (excluding diaryl/α,β-unsaturated/α-hetero) is 1. The average Bonchev–Trinajstić information content (AvgIpc) is 3.65. The zero-order chi connectivity index (χ0) is 32.4. The number of carbonyl (C=O) groups excluding carboxylic acids is 3. The molecule has 0 spiro atoms. The molecule has 1 fully saturated rings. The van der Waals surface area contributed by atoms with E-state index in [0.29, 0.717) is 47.3 Å². The number of benzene rings is 1. The number of aryl methyl sites for hydroxylation is 3. The van der Waals surface area contributed by atoms with Crippen molar-refractivity contribution in [2.45, 2.75) is 60.4 Å². The molecule has 0 bridgehead atoms. The van der Waals surface area contributed by atoms with Crippen LogP contribution in [0.5, 0.6) is 11.5 Å². The molecule has 1 aromatic carbocycles. The summed E-state index contributed by atoms with van der Waals surface area (Å²) in [6.45, 7) is 11.9. The van der Waals surface area contributed by atoms with Crippen molar-refractivity contribution in [1.82, 2.24) is 14.4 Å². The molecule has 11 nitrogen and oxygen atoms in total. The smallest absolute Gasteiger partial charge is 0.350 e. The monoisotopic (exact) mass is 632 g/mol. The van der Waals surface area contributed by atoms with Crippen LogP contribution in [0.25, 0.3) is 11.4 Å². The van der Waals surface area contributed by atoms with E-state index in [0.717, 1.165) is 29.7 Å². The van der Waals surface area contributed by atoms with Crippen LogP contribution >= 0.6 is 11.3 Å². The first kappa shape index (κ1) is 31.7. The highest BCUT2D eigenvalue weighted by molar-refractivity contribution is 7.17. The van der Waals surface area contributed by atoms with Gasteiger partial charge in [-0.25, -0.2) is 14.8 Å². The summed E-state index contributed by atoms with van der Waals surface area (Å²) in [4.78, 5) is 50.9. The van der Waals surface area contributed by atoms with E-state index in [2.05, 4.69) is 16.9 Å². The number of pyridine rings is 1. The predicted molar refractivity (Wildman–Crippen MR) is 170 cm³/mol. The number of fused-ring (bicyclic) bond motifs is 1. The second-order valence-corrected chi connectivity index (χ2v) is 11.5. The second-order valence-electron chi connectivity index (χ2n) is 10.6. The van der Waals surface area contributed by atoms with E-state index in [9.17, 15) is 19.5 Å². The number of unbranched alkanes of at least 4 members (excludes halogenated alkanes) is 1. The van der Waals surface area contributed by atoms with Gasteiger partial charge < -0.3 is 23.7 Å². The van der Waals surface area contributed by atoms with Crippen molar-refractivity contribution in [3.63, 3.8) is 0 Å². The summed E-state index contributed by atoms with van der Waals surface area (Å²) >= 11 is 0.946. The highest BCUT2D eigenvalue weighted by Gasteiger charge is 2.49. The van der Waals surface area contributed by atoms with Crippen LogP contribution < -0.4 is 14.4 Å². The van der Waals surface area contributed by atoms with Gasteiger partial charge in [0.15, 0.2) is 22.4 Å². The van der Waals surface area contributed by atoms with E-state index in [1.807, 2.05) is 36.6 Å². The molecule has 45 heavy (non-hydrogen) atoms. The number of hydrogen-bond donors (Lipinski definition) is 1. The van der Waals surface area contributed by atoms with Gasteiger partial charge in [-0.05, 0) is 70.4 Å². The van der Waals surface area contributed by atoms with Crippen molar-refractivity contribution in [3.8, 4) is 11.5 Å². The number of esters is 1. The standard InChI is InChI=1S/C33H36N4O7S/c1-7-10-16-44-22-14-13-21(17-23(22)42-8-2)26-24(27(38)25-20(6)36-15-11-12-18(4)30(36)35-25)28(39)31(40)37(26)33-34-19(5)29(45-33)32(41)43-9-3/h11-15,17,26,38H,7-10,16H2,1-6H3/b27-24+. The number of amides is 1. The molecule has 5 rings (SSSR count). The Bertz CT molecular complexity index is 1820. The molecular formula is C33H36N4O7S. The Morgan fingerprint density at radius 2 is 1.80 bits per heavy atom. The summed E-state index contributed by atoms with van der Waals surface area (Å²) in [6, 6.07) is 7.82. The van der Waals surface area contributed by atoms with Crippen molar-refractivity contribution in [2.24, 2.45) is 0 Å². The molecule has 3 aromatic heterocycles. The lowest BCUT2D eigenvalue weighted by atomic mass is 9.96. The highest BCUT2D eigenvalue weighted by Crippen LogP contribution is 2.46. The first-order valence-corrected chi connectivity index (χ1v) is 15.7. The molecule has 1 atom stereocenters. The molecule has 0 radical (unpaired) electrons. The third-order valence-corrected chi connectivity index (χ3v) is 8.68. The number of nitrogens with zero attached hydrogens (tertiary/aromatic N) is 4. The Morgan fingerprint density at radius 1 is 1.02 bits per heavy atom. The van der Waals surface area contributed by atoms with E-state index in [4.69, 9.17) is 14.2 Å². The van der Waals surface area contributed by atoms with Gasteiger partial charge in [0.2, 0.25) is 0 Å². The quantitative estimate of drug-likeness (QED) is 0.0685. The maximum atomic E-state index is 13.8. The van der Waals surface area contributed by atoms with Crippen molar-refractivity contribution in [2.75, 3.05) is 24.7 Å². The van der Waals surface area contributed by atoms with Gasteiger partial charge in [-0.15, -0.1) is 0 Å². The molecule has 1 unspecified atom stereocenters. The lowest BCUT2D eigenvalue weighted by Crippen LogP contribution is -2.29. The van der Waals surface area contributed by atoms with Gasteiger partial charge >= 0.3 is 11.9 Å². The molecule has 236 valence electrons. The average molecular weight is 633 g/mol. The minimum absolute atomic E-state index is 0.116. The van der Waals surface area contributed by atoms with E-state index < -0.39 is 29.5 Å². The molecular weight excluding hydrogens is 596 g/mol. The summed E-state index contributed by atoms with van der Waals surface area (Å²) in [6.07, 6.45) is 3.63. The van der Waals surface area contributed by atoms with Crippen LogP contribution in [0.4, 0.5) is 5.13 Å². The number of anilines is 1. The summed E-state index contributed by atoms with van der Waals surface area (Å²) in [5, 5.41) is 11.9. The summed E-state index contributed by atoms with van der Waals surface area (Å²) in [5.41, 5.74) is 2.95. The SMILES string of the molecule is CCCCOc1ccc(C2/C(=C(\O)c3nc4c(C)cccn4c3C)C(=O)C(=O)N2c2nc(C)c(C(=O)OCC)s2)cc1OCC. The van der Waals surface area contributed by atoms with Gasteiger partial charge in [0.1, 0.15) is 16.2 Å². The molecule has 4 heterocycles. The van der Waals surface area contributed by atoms with Gasteiger partial charge in [-0.2, -0.15) is 0 Å². The van der Waals surface area contributed by atoms with Crippen LogP contribution in [-0.2, 0) is 14.3 Å². The van der Waals surface area contributed by atoms with Crippen molar-refractivity contribution in [3.05, 3.63) is 75.2 Å². The first-order valence-electron chi connectivity index (χ1n) is 14.9. The molecule has 1 N–H and O–H groups in total. The van der Waals surface area contributed by atoms with Crippen molar-refractivity contribution < 1.29 is 33.7 Å². The van der Waals surface area contributed by atoms with E-state index in [1.165, 1.54) is 4.90 Å². The topological polar surface area (TPSA) is 133 Å². The summed E-state index contributed by atoms with van der Waals surface area (Å²) in [7, 11) is 0. The number of imidazole rings is 1. The summed E-state index contributed by atoms with van der Waals surface area (Å²) < 4.78 is 18.9. The Kier molecular flexibility index (Phi) is 9.24. The van der Waals surface area contributed by atoms with Gasteiger partial charge in [0.05, 0.1) is 42.8 Å². The normalized spacial score (nSPS) is 16.0. The maximum absolute atomic E-state index is 13.8. The Balaban J connectivity index is 1.72. The molecule has 0 aliphatic carbocycles. The number of aliphatic hydroxyl groups is 1. The molecule has 4 aromatic rings. The van der Waals surface area contributed by atoms with Crippen molar-refractivity contribution in [1.29, 1.82) is 0 Å².